The van der Waals surface area contributed by atoms with Crippen LogP contribution in [-0.2, 0) is 9.53 Å². The highest BCUT2D eigenvalue weighted by Gasteiger charge is 2.44. The van der Waals surface area contributed by atoms with E-state index in [-0.39, 0.29) is 18.2 Å². The molecule has 6 N–H and O–H groups in total. The zero-order chi connectivity index (χ0) is 17.1. The van der Waals surface area contributed by atoms with Crippen LogP contribution in [0.15, 0.2) is 17.1 Å². The Hall–Kier alpha value is -1.27. The van der Waals surface area contributed by atoms with Gasteiger partial charge in [-0.25, -0.2) is 4.79 Å². The third-order valence-corrected chi connectivity index (χ3v) is 5.29. The van der Waals surface area contributed by atoms with E-state index in [2.05, 4.69) is 17.6 Å². The molecule has 0 radical (unpaired) electrons. The van der Waals surface area contributed by atoms with E-state index < -0.39 is 40.5 Å². The maximum absolute atomic E-state index is 11.8. The van der Waals surface area contributed by atoms with Gasteiger partial charge in [-0.3, -0.25) is 9.36 Å². The van der Waals surface area contributed by atoms with Crippen molar-refractivity contribution < 1.29 is 19.7 Å². The van der Waals surface area contributed by atoms with E-state index in [0.717, 1.165) is 11.8 Å². The molecule has 1 fully saturated rings. The molecule has 1 aromatic heterocycles. The minimum absolute atomic E-state index is 0.0653. The van der Waals surface area contributed by atoms with E-state index in [0.29, 0.717) is 0 Å². The van der Waals surface area contributed by atoms with Crippen LogP contribution in [0.3, 0.4) is 0 Å². The molecule has 5 atom stereocenters. The zero-order valence-electron chi connectivity index (χ0n) is 12.0. The number of carbonyl (C=O) groups is 1. The van der Waals surface area contributed by atoms with Crippen LogP contribution in [0, 0.1) is 0 Å². The molecule has 2 heterocycles. The largest absolute Gasteiger partial charge is 0.463 e. The third-order valence-electron chi connectivity index (χ3n) is 3.35. The number of anilines is 1. The van der Waals surface area contributed by atoms with Gasteiger partial charge in [0, 0.05) is 11.9 Å². The van der Waals surface area contributed by atoms with E-state index in [4.69, 9.17) is 16.2 Å². The van der Waals surface area contributed by atoms with Gasteiger partial charge in [-0.2, -0.15) is 17.6 Å². The smallest absolute Gasteiger partial charge is 0.350 e. The number of aliphatic hydroxyl groups excluding tert-OH is 2. The van der Waals surface area contributed by atoms with Crippen molar-refractivity contribution in [1.29, 1.82) is 0 Å². The number of hydrogen-bond acceptors (Lipinski definition) is 10. The highest BCUT2D eigenvalue weighted by Crippen LogP contribution is 2.41. The summed E-state index contributed by atoms with van der Waals surface area (Å²) in [4.78, 5) is 26.9. The average molecular weight is 362 g/mol. The van der Waals surface area contributed by atoms with E-state index in [1.807, 2.05) is 0 Å². The second kappa shape index (κ2) is 7.53. The molecule has 0 bridgehead atoms. The van der Waals surface area contributed by atoms with Gasteiger partial charge in [-0.05, 0) is 6.07 Å². The Morgan fingerprint density at radius 3 is 2.83 bits per heavy atom. The Labute approximate surface area is 141 Å². The molecule has 23 heavy (non-hydrogen) atoms. The molecule has 0 aliphatic carbocycles. The summed E-state index contributed by atoms with van der Waals surface area (Å²) in [6.45, 7) is -0.142. The number of nitrogen functional groups attached to an aromatic ring is 1. The fourth-order valence-electron chi connectivity index (χ4n) is 2.06. The summed E-state index contributed by atoms with van der Waals surface area (Å²) in [6, 6.07) is 0.562. The maximum atomic E-state index is 11.8. The molecule has 1 aliphatic heterocycles. The predicted molar refractivity (Wildman–Crippen MR) is 88.1 cm³/mol. The van der Waals surface area contributed by atoms with Gasteiger partial charge in [0.1, 0.15) is 29.9 Å². The maximum Gasteiger partial charge on any atom is 0.350 e. The van der Waals surface area contributed by atoms with Crippen LogP contribution in [0.4, 0.5) is 5.82 Å². The first-order valence-corrected chi connectivity index (χ1v) is 8.32. The molecule has 0 aromatic carbocycles. The number of nitrogens with zero attached hydrogens (tertiary/aromatic N) is 2. The number of ether oxygens (including phenoxy) is 1. The van der Waals surface area contributed by atoms with Crippen molar-refractivity contribution in [2.45, 2.75) is 28.9 Å². The lowest BCUT2D eigenvalue weighted by Crippen LogP contribution is -2.38. The molecule has 0 amide bonds. The summed E-state index contributed by atoms with van der Waals surface area (Å²) in [6.07, 6.45) is -0.997. The van der Waals surface area contributed by atoms with Crippen LogP contribution >= 0.6 is 24.4 Å². The van der Waals surface area contributed by atoms with E-state index in [1.165, 1.54) is 16.8 Å². The van der Waals surface area contributed by atoms with E-state index in [9.17, 15) is 19.8 Å². The molecule has 11 heteroatoms. The Kier molecular flexibility index (Phi) is 5.92. The van der Waals surface area contributed by atoms with Crippen molar-refractivity contribution in [3.05, 3.63) is 22.7 Å². The lowest BCUT2D eigenvalue weighted by atomic mass is 10.1. The summed E-state index contributed by atoms with van der Waals surface area (Å²) in [5.74, 6) is -0.440. The van der Waals surface area contributed by atoms with Crippen LogP contribution in [0.25, 0.3) is 0 Å². The third kappa shape index (κ3) is 3.98. The van der Waals surface area contributed by atoms with Gasteiger partial charge in [0.05, 0.1) is 11.4 Å². The van der Waals surface area contributed by atoms with E-state index >= 15 is 0 Å². The summed E-state index contributed by atoms with van der Waals surface area (Å²) < 4.78 is 6.18. The molecule has 2 unspecified atom stereocenters. The number of rotatable bonds is 5. The minimum atomic E-state index is -1.22. The average Bonchev–Trinajstić information content (AvgIpc) is 2.80. The molecule has 0 saturated carbocycles. The monoisotopic (exact) mass is 362 g/mol. The van der Waals surface area contributed by atoms with Gasteiger partial charge < -0.3 is 26.4 Å². The summed E-state index contributed by atoms with van der Waals surface area (Å²) in [5.41, 5.74) is 10.3. The van der Waals surface area contributed by atoms with Gasteiger partial charge in [-0.1, -0.05) is 0 Å². The fourth-order valence-corrected chi connectivity index (χ4v) is 3.65. The van der Waals surface area contributed by atoms with Crippen molar-refractivity contribution in [1.82, 2.24) is 9.55 Å². The molecule has 0 spiro atoms. The van der Waals surface area contributed by atoms with Gasteiger partial charge in [0.2, 0.25) is 0 Å². The van der Waals surface area contributed by atoms with Crippen LogP contribution in [0.5, 0.6) is 0 Å². The summed E-state index contributed by atoms with van der Waals surface area (Å²) in [5, 5.41) is 18.8. The Balaban J connectivity index is 2.06. The summed E-state index contributed by atoms with van der Waals surface area (Å²) >= 11 is 5.00. The molecule has 1 aromatic rings. The Bertz CT molecular complexity index is 628. The normalized spacial score (nSPS) is 28.5. The topological polar surface area (TPSA) is 154 Å². The number of aromatic nitrogens is 2. The molecule has 1 saturated heterocycles. The predicted octanol–water partition coefficient (Wildman–Crippen LogP) is -2.04. The molecular weight excluding hydrogens is 344 g/mol. The van der Waals surface area contributed by atoms with Crippen molar-refractivity contribution in [2.24, 2.45) is 5.73 Å². The molecule has 128 valence electrons. The Morgan fingerprint density at radius 2 is 2.22 bits per heavy atom. The standard InChI is InChI=1S/C12H18N4O5S2/c13-5(4-22)11(19)21-3-6-8(17)9(18)10(23-6)16-2-1-7(14)15-12(16)20/h1-2,5-6,8-10,17-18,22H,3-4,13H2,(H2,14,15,20)/t5-,6+,8?,9?,10+/m0/s1. The fraction of sp³-hybridized carbons (Fsp3) is 0.583. The van der Waals surface area contributed by atoms with Crippen molar-refractivity contribution in [3.63, 3.8) is 0 Å². The van der Waals surface area contributed by atoms with Gasteiger partial charge in [-0.15, -0.1) is 11.8 Å². The summed E-state index contributed by atoms with van der Waals surface area (Å²) in [7, 11) is 0. The SMILES string of the molecule is Nc1ccn([C@@H]2S[C@H](COC(=O)[C@@H](N)CS)C(O)C2O)c(=O)n1. The number of aliphatic hydroxyl groups is 2. The quantitative estimate of drug-likeness (QED) is 0.294. The zero-order valence-corrected chi connectivity index (χ0v) is 13.7. The second-order valence-corrected chi connectivity index (χ2v) is 6.73. The number of nitrogens with two attached hydrogens (primary N) is 2. The number of esters is 1. The van der Waals surface area contributed by atoms with Crippen LogP contribution in [-0.4, -0.2) is 61.6 Å². The molecule has 2 rings (SSSR count). The molecular formula is C12H18N4O5S2. The van der Waals surface area contributed by atoms with Crippen LogP contribution < -0.4 is 17.2 Å². The lowest BCUT2D eigenvalue weighted by molar-refractivity contribution is -0.145. The molecule has 9 nitrogen and oxygen atoms in total. The lowest BCUT2D eigenvalue weighted by Gasteiger charge is -2.17. The number of thiol groups is 1. The first kappa shape index (κ1) is 18.1. The highest BCUT2D eigenvalue weighted by molar-refractivity contribution is 8.00. The van der Waals surface area contributed by atoms with Crippen LogP contribution in [0.2, 0.25) is 0 Å². The van der Waals surface area contributed by atoms with E-state index in [1.54, 1.807) is 0 Å². The van der Waals surface area contributed by atoms with Crippen LogP contribution in [0.1, 0.15) is 5.37 Å². The molecule has 1 aliphatic rings. The number of thioether (sulfide) groups is 1. The second-order valence-electron chi connectivity index (χ2n) is 5.01. The number of hydrogen-bond donors (Lipinski definition) is 5. The highest BCUT2D eigenvalue weighted by atomic mass is 32.2. The van der Waals surface area contributed by atoms with Gasteiger partial charge >= 0.3 is 11.7 Å². The first-order chi connectivity index (χ1) is 10.8. The minimum Gasteiger partial charge on any atom is -0.463 e. The first-order valence-electron chi connectivity index (χ1n) is 6.74. The van der Waals surface area contributed by atoms with Crippen molar-refractivity contribution >= 4 is 36.2 Å². The Morgan fingerprint density at radius 1 is 1.52 bits per heavy atom. The van der Waals surface area contributed by atoms with Crippen molar-refractivity contribution in [3.8, 4) is 0 Å². The van der Waals surface area contributed by atoms with Crippen molar-refractivity contribution in [2.75, 3.05) is 18.1 Å². The number of carbonyl (C=O) groups excluding carboxylic acids is 1. The van der Waals surface area contributed by atoms with Gasteiger partial charge in [0.15, 0.2) is 0 Å². The van der Waals surface area contributed by atoms with Gasteiger partial charge in [0.25, 0.3) is 0 Å².